The highest BCUT2D eigenvalue weighted by Crippen LogP contribution is 2.47. The van der Waals surface area contributed by atoms with Crippen molar-refractivity contribution in [3.63, 3.8) is 0 Å². The molecule has 6 heterocycles. The number of ether oxygens (including phenoxy) is 6. The van der Waals surface area contributed by atoms with Gasteiger partial charge in [-0.25, -0.2) is 9.97 Å². The summed E-state index contributed by atoms with van der Waals surface area (Å²) in [6, 6.07) is 19.8. The molecule has 3 aliphatic heterocycles. The monoisotopic (exact) mass is 1050 g/mol. The highest BCUT2D eigenvalue weighted by atomic mass is 16.5. The van der Waals surface area contributed by atoms with Gasteiger partial charge in [0.15, 0.2) is 17.3 Å². The Hall–Kier alpha value is -7.64. The molecule has 15 nitrogen and oxygen atoms in total. The molecule has 0 saturated heterocycles. The Bertz CT molecular complexity index is 3480. The second kappa shape index (κ2) is 23.5. The third-order valence-corrected chi connectivity index (χ3v) is 15.9. The van der Waals surface area contributed by atoms with Crippen LogP contribution in [0.1, 0.15) is 119 Å². The Morgan fingerprint density at radius 2 is 1.58 bits per heavy atom. The molecule has 3 N–H and O–H groups in total. The number of esters is 1. The number of H-pyrrole nitrogens is 2. The van der Waals surface area contributed by atoms with Crippen LogP contribution >= 0.6 is 0 Å². The predicted octanol–water partition coefficient (Wildman–Crippen LogP) is 11.0. The zero-order valence-corrected chi connectivity index (χ0v) is 46.1. The summed E-state index contributed by atoms with van der Waals surface area (Å²) in [4.78, 5) is 54.0. The number of nitrogens with zero attached hydrogens (tertiary/aromatic N) is 4. The number of fused-ring (bicyclic) bond motifs is 7. The van der Waals surface area contributed by atoms with Crippen LogP contribution in [0.4, 0.5) is 11.5 Å². The van der Waals surface area contributed by atoms with Crippen LogP contribution in [-0.2, 0) is 49.6 Å². The summed E-state index contributed by atoms with van der Waals surface area (Å²) >= 11 is 0. The smallest absolute Gasteiger partial charge is 0.305 e. The Balaban J connectivity index is 0.891. The summed E-state index contributed by atoms with van der Waals surface area (Å²) in [7, 11) is 4.69. The molecule has 0 radical (unpaired) electrons. The standard InChI is InChI=1S/C63H69N7O8/c1-10-44-35(2)48-31-54-59(37(4)50(68-54)29-49-36(3)45(19-20-58(72)75-9)61(69-49)47-27-55(71)60-38(5)51(70-62(47)60)30-53(44)67-48)39(6)78-33-42-15-11-13-40(25-42)17-18-41-14-12-16-43(26-41)66-63-46-28-56(76-23-21-73-7)57(77-24-22-74-8)32-52(46)64-34-65-63/h11-16,25-26,28-29,32,34,36,39,45,47,59,67,70H,10,19-24,27,30-31,33H2,1-9H3,(H,64,65,66)/t36-,39?,45-,47?,59?/m0/s1. The van der Waals surface area contributed by atoms with Crippen LogP contribution in [0.2, 0.25) is 0 Å². The SMILES string of the molecule is CCc1c2[nH]c(c1C)CC1=NC(=C(C)C1C(C)OCc1cccc(C#Cc3cccc(Nc4ncnc5cc(OCCOC)c(OCCOC)cc45)c3)c1)C=C1N=C(C3CC(=O)c4c3[nH]c(c4C)C2)[C@@H](CCC(=O)OC)[C@@H]1C. The average molecular weight is 1050 g/mol. The molecular formula is C63H69N7O8. The Morgan fingerprint density at radius 3 is 2.32 bits per heavy atom. The molecule has 0 amide bonds. The lowest BCUT2D eigenvalue weighted by Crippen LogP contribution is -2.29. The molecule has 3 unspecified atom stereocenters. The molecule has 404 valence electrons. The van der Waals surface area contributed by atoms with E-state index in [-0.39, 0.29) is 47.9 Å². The van der Waals surface area contributed by atoms with Crippen molar-refractivity contribution in [2.24, 2.45) is 27.7 Å². The minimum atomic E-state index is -0.253. The van der Waals surface area contributed by atoms with Crippen molar-refractivity contribution in [3.8, 4) is 23.3 Å². The van der Waals surface area contributed by atoms with Crippen LogP contribution in [0.15, 0.2) is 100 Å². The first-order valence-corrected chi connectivity index (χ1v) is 27.1. The molecule has 0 spiro atoms. The van der Waals surface area contributed by atoms with Gasteiger partial charge in [0, 0.05) is 137 Å². The fourth-order valence-corrected chi connectivity index (χ4v) is 11.8. The number of rotatable bonds is 18. The number of hydrogen-bond acceptors (Lipinski definition) is 13. The van der Waals surface area contributed by atoms with Gasteiger partial charge in [0.1, 0.15) is 25.4 Å². The maximum absolute atomic E-state index is 13.9. The topological polar surface area (TPSA) is 184 Å². The molecule has 3 aromatic carbocycles. The van der Waals surface area contributed by atoms with Gasteiger partial charge in [-0.2, -0.15) is 0 Å². The van der Waals surface area contributed by atoms with Crippen LogP contribution in [0.5, 0.6) is 11.5 Å². The van der Waals surface area contributed by atoms with Crippen molar-refractivity contribution in [2.75, 3.05) is 53.1 Å². The van der Waals surface area contributed by atoms with Gasteiger partial charge < -0.3 is 43.7 Å². The first-order chi connectivity index (χ1) is 37.8. The lowest BCUT2D eigenvalue weighted by atomic mass is 9.81. The van der Waals surface area contributed by atoms with Gasteiger partial charge in [-0.15, -0.1) is 0 Å². The zero-order chi connectivity index (χ0) is 54.6. The number of nitrogens with one attached hydrogen (secondary N) is 3. The summed E-state index contributed by atoms with van der Waals surface area (Å²) < 4.78 is 34.4. The van der Waals surface area contributed by atoms with Crippen molar-refractivity contribution in [2.45, 2.75) is 98.7 Å². The molecule has 0 fully saturated rings. The van der Waals surface area contributed by atoms with Crippen LogP contribution in [0.25, 0.3) is 10.9 Å². The van der Waals surface area contributed by atoms with E-state index in [4.69, 9.17) is 38.4 Å². The molecule has 6 aromatic rings. The van der Waals surface area contributed by atoms with Crippen molar-refractivity contribution in [1.29, 1.82) is 0 Å². The first-order valence-electron chi connectivity index (χ1n) is 27.1. The van der Waals surface area contributed by atoms with Gasteiger partial charge in [0.25, 0.3) is 0 Å². The van der Waals surface area contributed by atoms with Gasteiger partial charge in [0.05, 0.1) is 44.2 Å². The van der Waals surface area contributed by atoms with Gasteiger partial charge in [-0.05, 0) is 111 Å². The molecule has 4 aliphatic rings. The van der Waals surface area contributed by atoms with Crippen LogP contribution in [0, 0.1) is 43.4 Å². The Labute approximate surface area is 456 Å². The number of methoxy groups -OCH3 is 3. The zero-order valence-electron chi connectivity index (χ0n) is 46.1. The summed E-state index contributed by atoms with van der Waals surface area (Å²) in [5.74, 6) is 8.02. The molecule has 15 heteroatoms. The second-order valence-corrected chi connectivity index (χ2v) is 20.7. The van der Waals surface area contributed by atoms with E-state index >= 15 is 0 Å². The normalized spacial score (nSPS) is 18.8. The molecule has 78 heavy (non-hydrogen) atoms. The molecule has 0 saturated carbocycles. The molecule has 5 atom stereocenters. The fourth-order valence-electron chi connectivity index (χ4n) is 11.8. The number of hydrogen-bond donors (Lipinski definition) is 3. The highest BCUT2D eigenvalue weighted by molar-refractivity contribution is 6.10. The fraction of sp³-hybridized carbons (Fsp3) is 0.397. The van der Waals surface area contributed by atoms with E-state index in [0.29, 0.717) is 81.6 Å². The maximum atomic E-state index is 13.9. The average Bonchev–Trinajstić information content (AvgIpc) is 4.42. The summed E-state index contributed by atoms with van der Waals surface area (Å²) in [6.07, 6.45) is 6.79. The van der Waals surface area contributed by atoms with Crippen molar-refractivity contribution in [3.05, 3.63) is 152 Å². The van der Waals surface area contributed by atoms with Crippen LogP contribution < -0.4 is 14.8 Å². The summed E-state index contributed by atoms with van der Waals surface area (Å²) in [6.45, 7) is 14.9. The van der Waals surface area contributed by atoms with Crippen molar-refractivity contribution < 1.29 is 38.0 Å². The highest BCUT2D eigenvalue weighted by Gasteiger charge is 2.44. The van der Waals surface area contributed by atoms with Crippen molar-refractivity contribution >= 4 is 45.6 Å². The van der Waals surface area contributed by atoms with E-state index in [9.17, 15) is 9.59 Å². The summed E-state index contributed by atoms with van der Waals surface area (Å²) in [5, 5.41) is 4.24. The van der Waals surface area contributed by atoms with Gasteiger partial charge in [-0.1, -0.05) is 43.9 Å². The van der Waals surface area contributed by atoms with Gasteiger partial charge in [0.2, 0.25) is 0 Å². The van der Waals surface area contributed by atoms with Crippen LogP contribution in [0.3, 0.4) is 0 Å². The number of carbonyl (C=O) groups is 2. The molecule has 3 aromatic heterocycles. The molecule has 8 bridgehead atoms. The van der Waals surface area contributed by atoms with Gasteiger partial charge in [-0.3, -0.25) is 19.6 Å². The third-order valence-electron chi connectivity index (χ3n) is 15.9. The van der Waals surface area contributed by atoms with E-state index < -0.39 is 0 Å². The number of aromatic amines is 2. The van der Waals surface area contributed by atoms with E-state index in [2.05, 4.69) is 96.8 Å². The van der Waals surface area contributed by atoms with Gasteiger partial charge >= 0.3 is 5.97 Å². The number of anilines is 2. The number of carbonyl (C=O) groups excluding carboxylic acids is 2. The third kappa shape index (κ3) is 11.1. The lowest BCUT2D eigenvalue weighted by molar-refractivity contribution is -0.140. The number of ketones is 1. The second-order valence-electron chi connectivity index (χ2n) is 20.7. The Kier molecular flexibility index (Phi) is 16.2. The molecule has 1 aliphatic carbocycles. The molecular weight excluding hydrogens is 983 g/mol. The quantitative estimate of drug-likeness (QED) is 0.0423. The minimum Gasteiger partial charge on any atom is -0.487 e. The first kappa shape index (κ1) is 53.7. The lowest BCUT2D eigenvalue weighted by Gasteiger charge is -2.24. The maximum Gasteiger partial charge on any atom is 0.305 e. The Morgan fingerprint density at radius 1 is 0.846 bits per heavy atom. The van der Waals surface area contributed by atoms with E-state index in [1.54, 1.807) is 14.2 Å². The van der Waals surface area contributed by atoms with E-state index in [1.165, 1.54) is 24.6 Å². The van der Waals surface area contributed by atoms with E-state index in [0.717, 1.165) is 96.5 Å². The summed E-state index contributed by atoms with van der Waals surface area (Å²) in [5.41, 5.74) is 17.8. The molecule has 10 rings (SSSR count). The number of Topliss-reactive ketones (excluding diaryl/α,β-unsaturated/α-hetero) is 1. The van der Waals surface area contributed by atoms with E-state index in [1.807, 2.05) is 48.5 Å². The van der Waals surface area contributed by atoms with Crippen molar-refractivity contribution in [1.82, 2.24) is 19.9 Å². The predicted molar refractivity (Wildman–Crippen MR) is 302 cm³/mol. The van der Waals surface area contributed by atoms with Crippen LogP contribution in [-0.4, -0.2) is 97.0 Å². The number of allylic oxidation sites excluding steroid dienone is 2. The minimum absolute atomic E-state index is 0.00844. The number of aromatic nitrogens is 4. The number of benzene rings is 3. The largest absolute Gasteiger partial charge is 0.487 e. The number of aliphatic imine (C=N–C) groups is 2.